The summed E-state index contributed by atoms with van der Waals surface area (Å²) in [6.07, 6.45) is 0. The highest BCUT2D eigenvalue weighted by molar-refractivity contribution is 7.15. The smallest absolute Gasteiger partial charge is 0.286 e. The Morgan fingerprint density at radius 1 is 1.25 bits per heavy atom. The molecule has 0 radical (unpaired) electrons. The summed E-state index contributed by atoms with van der Waals surface area (Å²) in [7, 11) is -1.99. The summed E-state index contributed by atoms with van der Waals surface area (Å²) < 4.78 is 5.18. The molecule has 0 heterocycles. The fourth-order valence-corrected chi connectivity index (χ4v) is 0.827. The van der Waals surface area contributed by atoms with Crippen molar-refractivity contribution in [1.82, 2.24) is 0 Å². The Bertz CT molecular complexity index is 112. The van der Waals surface area contributed by atoms with Crippen LogP contribution in [0.1, 0.15) is 20.8 Å². The molecule has 0 amide bonds. The van der Waals surface area contributed by atoms with Gasteiger partial charge in [0.2, 0.25) is 0 Å². The first kappa shape index (κ1) is 12.4. The molecule has 0 saturated carbocycles. The molecule has 0 fully saturated rings. The molecule has 0 saturated heterocycles. The van der Waals surface area contributed by atoms with Gasteiger partial charge in [-0.05, 0) is 33.9 Å². The third kappa shape index (κ3) is 10.4. The quantitative estimate of drug-likeness (QED) is 0.179. The molecule has 0 aliphatic rings. The van der Waals surface area contributed by atoms with Crippen LogP contribution in [0.4, 0.5) is 0 Å². The van der Waals surface area contributed by atoms with Gasteiger partial charge in [-0.3, -0.25) is 0 Å². The molecule has 5 heteroatoms. The maximum Gasteiger partial charge on any atom is 0.286 e. The molecule has 0 aromatic rings. The lowest BCUT2D eigenvalue weighted by Gasteiger charge is -2.19. The number of hydrogen-bond donors (Lipinski definition) is 0. The highest BCUT2D eigenvalue weighted by Gasteiger charge is 2.19. The first-order valence-corrected chi connectivity index (χ1v) is 7.76. The summed E-state index contributed by atoms with van der Waals surface area (Å²) in [5.41, 5.74) is -0.304. The Labute approximate surface area is 79.7 Å². The van der Waals surface area contributed by atoms with Gasteiger partial charge in [-0.15, -0.1) is 11.1 Å². The molecule has 0 rings (SSSR count). The van der Waals surface area contributed by atoms with E-state index < -0.39 is 7.63 Å². The van der Waals surface area contributed by atoms with Gasteiger partial charge in [0.25, 0.3) is 7.63 Å². The van der Waals surface area contributed by atoms with Crippen LogP contribution < -0.4 is 0 Å². The Balaban J connectivity index is 3.35. The highest BCUT2D eigenvalue weighted by atomic mass is 35.6. The van der Waals surface area contributed by atoms with Gasteiger partial charge < -0.3 is 4.43 Å². The molecular formula is C7H17ClO3Si. The van der Waals surface area contributed by atoms with Crippen molar-refractivity contribution < 1.29 is 14.2 Å². The summed E-state index contributed by atoms with van der Waals surface area (Å²) in [6, 6.07) is 0. The van der Waals surface area contributed by atoms with Gasteiger partial charge in [0.15, 0.2) is 6.79 Å². The summed E-state index contributed by atoms with van der Waals surface area (Å²) in [6.45, 7) is 9.53. The van der Waals surface area contributed by atoms with Crippen molar-refractivity contribution in [2.75, 3.05) is 6.79 Å². The van der Waals surface area contributed by atoms with E-state index >= 15 is 0 Å². The van der Waals surface area contributed by atoms with E-state index in [2.05, 4.69) is 0 Å². The molecule has 0 atom stereocenters. The molecular weight excluding hydrogens is 196 g/mol. The zero-order valence-electron chi connectivity index (χ0n) is 8.31. The Morgan fingerprint density at radius 3 is 2.08 bits per heavy atom. The molecule has 0 aliphatic carbocycles. The van der Waals surface area contributed by atoms with Crippen molar-refractivity contribution in [2.24, 2.45) is 0 Å². The van der Waals surface area contributed by atoms with Crippen LogP contribution in [0.15, 0.2) is 0 Å². The average molecular weight is 213 g/mol. The molecule has 12 heavy (non-hydrogen) atoms. The van der Waals surface area contributed by atoms with E-state index in [-0.39, 0.29) is 12.4 Å². The van der Waals surface area contributed by atoms with Gasteiger partial charge in [-0.25, -0.2) is 9.78 Å². The van der Waals surface area contributed by atoms with E-state index in [9.17, 15) is 0 Å². The van der Waals surface area contributed by atoms with E-state index in [0.717, 1.165) is 0 Å². The lowest BCUT2D eigenvalue weighted by molar-refractivity contribution is -0.371. The second-order valence-electron chi connectivity index (χ2n) is 3.94. The first-order chi connectivity index (χ1) is 5.21. The van der Waals surface area contributed by atoms with E-state index in [0.29, 0.717) is 0 Å². The fourth-order valence-electron chi connectivity index (χ4n) is 0.365. The SMILES string of the molecule is CC(C)(C)OOCO[Si](C)(C)Cl. The van der Waals surface area contributed by atoms with Crippen LogP contribution in [-0.2, 0) is 14.2 Å². The second kappa shape index (κ2) is 4.57. The van der Waals surface area contributed by atoms with Gasteiger partial charge in [0.05, 0.1) is 5.60 Å². The van der Waals surface area contributed by atoms with Crippen molar-refractivity contribution in [3.63, 3.8) is 0 Å². The first-order valence-electron chi connectivity index (χ1n) is 3.84. The van der Waals surface area contributed by atoms with Crippen molar-refractivity contribution in [3.8, 4) is 0 Å². The second-order valence-corrected chi connectivity index (χ2v) is 9.69. The van der Waals surface area contributed by atoms with E-state index in [1.165, 1.54) is 0 Å². The third-order valence-corrected chi connectivity index (χ3v) is 1.89. The Morgan fingerprint density at radius 2 is 1.75 bits per heavy atom. The van der Waals surface area contributed by atoms with Crippen LogP contribution in [0, 0.1) is 0 Å². The lowest BCUT2D eigenvalue weighted by atomic mass is 10.2. The fraction of sp³-hybridized carbons (Fsp3) is 1.00. The summed E-state index contributed by atoms with van der Waals surface area (Å²) >= 11 is 5.86. The maximum atomic E-state index is 5.86. The predicted octanol–water partition coefficient (Wildman–Crippen LogP) is 2.65. The largest absolute Gasteiger partial charge is 0.378 e. The predicted molar refractivity (Wildman–Crippen MR) is 51.2 cm³/mol. The normalized spacial score (nSPS) is 13.5. The molecule has 0 N–H and O–H groups in total. The summed E-state index contributed by atoms with van der Waals surface area (Å²) in [4.78, 5) is 9.77. The van der Waals surface area contributed by atoms with Gasteiger partial charge >= 0.3 is 0 Å². The monoisotopic (exact) mass is 212 g/mol. The molecule has 0 spiro atoms. The van der Waals surface area contributed by atoms with Crippen LogP contribution in [0.3, 0.4) is 0 Å². The number of halogens is 1. The zero-order valence-corrected chi connectivity index (χ0v) is 10.1. The van der Waals surface area contributed by atoms with Crippen LogP contribution in [0.2, 0.25) is 13.1 Å². The van der Waals surface area contributed by atoms with E-state index in [1.54, 1.807) is 0 Å². The maximum absolute atomic E-state index is 5.86. The highest BCUT2D eigenvalue weighted by Crippen LogP contribution is 2.11. The van der Waals surface area contributed by atoms with Gasteiger partial charge in [0, 0.05) is 0 Å². The topological polar surface area (TPSA) is 27.7 Å². The van der Waals surface area contributed by atoms with Crippen LogP contribution >= 0.6 is 11.1 Å². The van der Waals surface area contributed by atoms with Crippen molar-refractivity contribution in [1.29, 1.82) is 0 Å². The molecule has 3 nitrogen and oxygen atoms in total. The van der Waals surface area contributed by atoms with Gasteiger partial charge in [0.1, 0.15) is 0 Å². The number of rotatable bonds is 4. The molecule has 0 bridgehead atoms. The van der Waals surface area contributed by atoms with Crippen molar-refractivity contribution >= 4 is 18.7 Å². The van der Waals surface area contributed by atoms with Crippen LogP contribution in [0.5, 0.6) is 0 Å². The van der Waals surface area contributed by atoms with E-state index in [1.807, 2.05) is 33.9 Å². The van der Waals surface area contributed by atoms with Gasteiger partial charge in [-0.2, -0.15) is 0 Å². The third-order valence-electron chi connectivity index (χ3n) is 0.759. The summed E-state index contributed by atoms with van der Waals surface area (Å²) in [5.74, 6) is 0. The van der Waals surface area contributed by atoms with E-state index in [4.69, 9.17) is 25.3 Å². The number of hydrogen-bond acceptors (Lipinski definition) is 3. The van der Waals surface area contributed by atoms with Crippen molar-refractivity contribution in [2.45, 2.75) is 39.5 Å². The molecule has 0 unspecified atom stereocenters. The minimum absolute atomic E-state index is 0.0972. The standard InChI is InChI=1S/C7H17ClO3Si/c1-7(2,3)11-9-6-10-12(4,5)8/h6H2,1-5H3. The van der Waals surface area contributed by atoms with Crippen molar-refractivity contribution in [3.05, 3.63) is 0 Å². The molecule has 0 aromatic heterocycles. The average Bonchev–Trinajstić information content (AvgIpc) is 1.76. The molecule has 0 aliphatic heterocycles. The lowest BCUT2D eigenvalue weighted by Crippen LogP contribution is -2.26. The summed E-state index contributed by atoms with van der Waals surface area (Å²) in [5, 5.41) is 0. The van der Waals surface area contributed by atoms with Crippen LogP contribution in [-0.4, -0.2) is 20.0 Å². The Kier molecular flexibility index (Phi) is 4.72. The zero-order chi connectivity index (χ0) is 9.83. The minimum atomic E-state index is -1.99. The van der Waals surface area contributed by atoms with Gasteiger partial charge in [-0.1, -0.05) is 0 Å². The van der Waals surface area contributed by atoms with Crippen LogP contribution in [0.25, 0.3) is 0 Å². The molecule has 74 valence electrons. The Hall–Kier alpha value is 0.387. The minimum Gasteiger partial charge on any atom is -0.378 e. The molecule has 0 aromatic carbocycles.